The Morgan fingerprint density at radius 2 is 2.00 bits per heavy atom. The molecule has 0 atom stereocenters. The van der Waals surface area contributed by atoms with Crippen molar-refractivity contribution in [3.63, 3.8) is 0 Å². The van der Waals surface area contributed by atoms with Crippen molar-refractivity contribution in [1.82, 2.24) is 10.2 Å². The molecule has 0 saturated heterocycles. The normalized spacial score (nSPS) is 12.7. The molecule has 1 N–H and O–H groups in total. The highest BCUT2D eigenvalue weighted by Crippen LogP contribution is 2.19. The van der Waals surface area contributed by atoms with E-state index >= 15 is 0 Å². The number of aryl methyl sites for hydroxylation is 1. The second-order valence-corrected chi connectivity index (χ2v) is 5.14. The van der Waals surface area contributed by atoms with Gasteiger partial charge in [0.25, 0.3) is 0 Å². The summed E-state index contributed by atoms with van der Waals surface area (Å²) in [5.41, 5.74) is 0.962. The van der Waals surface area contributed by atoms with Crippen molar-refractivity contribution < 1.29 is 17.6 Å². The van der Waals surface area contributed by atoms with E-state index in [1.807, 2.05) is 20.8 Å². The van der Waals surface area contributed by atoms with Gasteiger partial charge in [-0.05, 0) is 25.6 Å². The lowest BCUT2D eigenvalue weighted by molar-refractivity contribution is -0.144. The molecule has 0 bridgehead atoms. The molecule has 0 spiro atoms. The van der Waals surface area contributed by atoms with Crippen LogP contribution in [0, 0.1) is 6.92 Å². The molecule has 0 amide bonds. The SMILES string of the molecule is Cc1cc(CN(C)CC(F)(F)F)oc1CNC(C)C. The van der Waals surface area contributed by atoms with Gasteiger partial charge in [-0.1, -0.05) is 13.8 Å². The minimum Gasteiger partial charge on any atom is -0.463 e. The number of alkyl halides is 3. The largest absolute Gasteiger partial charge is 0.463 e. The van der Waals surface area contributed by atoms with Crippen LogP contribution in [0.4, 0.5) is 13.2 Å². The molecule has 1 heterocycles. The van der Waals surface area contributed by atoms with E-state index < -0.39 is 12.7 Å². The topological polar surface area (TPSA) is 28.4 Å². The molecule has 1 rings (SSSR count). The van der Waals surface area contributed by atoms with Crippen molar-refractivity contribution >= 4 is 0 Å². The monoisotopic (exact) mass is 278 g/mol. The minimum absolute atomic E-state index is 0.155. The van der Waals surface area contributed by atoms with Crippen molar-refractivity contribution in [2.24, 2.45) is 0 Å². The molecule has 0 aromatic carbocycles. The van der Waals surface area contributed by atoms with E-state index in [0.29, 0.717) is 18.3 Å². The van der Waals surface area contributed by atoms with Crippen LogP contribution in [-0.4, -0.2) is 30.7 Å². The van der Waals surface area contributed by atoms with Crippen LogP contribution in [-0.2, 0) is 13.1 Å². The van der Waals surface area contributed by atoms with Gasteiger partial charge in [-0.2, -0.15) is 13.2 Å². The highest BCUT2D eigenvalue weighted by atomic mass is 19.4. The van der Waals surface area contributed by atoms with Gasteiger partial charge in [0.2, 0.25) is 0 Å². The summed E-state index contributed by atoms with van der Waals surface area (Å²) in [6.07, 6.45) is -4.18. The summed E-state index contributed by atoms with van der Waals surface area (Å²) in [5.74, 6) is 1.34. The number of halogens is 3. The van der Waals surface area contributed by atoms with Crippen LogP contribution in [0.15, 0.2) is 10.5 Å². The number of nitrogens with one attached hydrogen (secondary N) is 1. The van der Waals surface area contributed by atoms with Gasteiger partial charge in [-0.25, -0.2) is 0 Å². The molecule has 0 aliphatic carbocycles. The Bertz CT molecular complexity index is 399. The Morgan fingerprint density at radius 1 is 1.37 bits per heavy atom. The van der Waals surface area contributed by atoms with E-state index in [4.69, 9.17) is 4.42 Å². The Hall–Kier alpha value is -1.01. The Kier molecular flexibility index (Phi) is 5.43. The molecule has 0 unspecified atom stereocenters. The van der Waals surface area contributed by atoms with Gasteiger partial charge in [0, 0.05) is 6.04 Å². The smallest absolute Gasteiger partial charge is 0.401 e. The van der Waals surface area contributed by atoms with Crippen molar-refractivity contribution in [3.8, 4) is 0 Å². The minimum atomic E-state index is -4.18. The van der Waals surface area contributed by atoms with Crippen molar-refractivity contribution in [2.75, 3.05) is 13.6 Å². The highest BCUT2D eigenvalue weighted by Gasteiger charge is 2.29. The second kappa shape index (κ2) is 6.43. The molecule has 0 radical (unpaired) electrons. The van der Waals surface area contributed by atoms with E-state index in [2.05, 4.69) is 5.32 Å². The number of rotatable bonds is 6. The quantitative estimate of drug-likeness (QED) is 0.867. The van der Waals surface area contributed by atoms with Gasteiger partial charge in [0.1, 0.15) is 11.5 Å². The lowest BCUT2D eigenvalue weighted by Gasteiger charge is -2.16. The Labute approximate surface area is 111 Å². The number of hydrogen-bond donors (Lipinski definition) is 1. The summed E-state index contributed by atoms with van der Waals surface area (Å²) in [5, 5.41) is 3.22. The highest BCUT2D eigenvalue weighted by molar-refractivity contribution is 5.20. The predicted molar refractivity (Wildman–Crippen MR) is 67.8 cm³/mol. The van der Waals surface area contributed by atoms with Gasteiger partial charge >= 0.3 is 6.18 Å². The first-order valence-corrected chi connectivity index (χ1v) is 6.24. The van der Waals surface area contributed by atoms with E-state index in [0.717, 1.165) is 11.3 Å². The van der Waals surface area contributed by atoms with Crippen LogP contribution in [0.3, 0.4) is 0 Å². The molecule has 110 valence electrons. The first-order valence-electron chi connectivity index (χ1n) is 6.24. The Balaban J connectivity index is 2.58. The lowest BCUT2D eigenvalue weighted by atomic mass is 10.2. The third-order valence-electron chi connectivity index (χ3n) is 2.62. The van der Waals surface area contributed by atoms with Crippen LogP contribution < -0.4 is 5.32 Å². The van der Waals surface area contributed by atoms with E-state index in [1.165, 1.54) is 11.9 Å². The second-order valence-electron chi connectivity index (χ2n) is 5.14. The molecule has 0 aliphatic heterocycles. The third kappa shape index (κ3) is 6.11. The molecule has 0 fully saturated rings. The standard InChI is InChI=1S/C13H21F3N2O/c1-9(2)17-6-12-10(3)5-11(19-12)7-18(4)8-13(14,15)16/h5,9,17H,6-8H2,1-4H3. The molecule has 0 saturated carbocycles. The van der Waals surface area contributed by atoms with Gasteiger partial charge in [0.05, 0.1) is 19.6 Å². The molecule has 6 heteroatoms. The molecule has 1 aromatic heterocycles. The maximum Gasteiger partial charge on any atom is 0.401 e. The first kappa shape index (κ1) is 16.0. The van der Waals surface area contributed by atoms with Crippen LogP contribution in [0.5, 0.6) is 0 Å². The van der Waals surface area contributed by atoms with E-state index in [1.54, 1.807) is 6.07 Å². The zero-order valence-electron chi connectivity index (χ0n) is 11.8. The maximum absolute atomic E-state index is 12.2. The fourth-order valence-corrected chi connectivity index (χ4v) is 1.77. The zero-order valence-corrected chi connectivity index (χ0v) is 11.8. The first-order chi connectivity index (χ1) is 8.67. The van der Waals surface area contributed by atoms with E-state index in [-0.39, 0.29) is 6.54 Å². The predicted octanol–water partition coefficient (Wildman–Crippen LogP) is 3.08. The third-order valence-corrected chi connectivity index (χ3v) is 2.62. The molecular weight excluding hydrogens is 257 g/mol. The van der Waals surface area contributed by atoms with Crippen LogP contribution in [0.1, 0.15) is 30.9 Å². The summed E-state index contributed by atoms with van der Waals surface area (Å²) in [6, 6.07) is 2.13. The zero-order chi connectivity index (χ0) is 14.6. The van der Waals surface area contributed by atoms with Gasteiger partial charge in [-0.15, -0.1) is 0 Å². The van der Waals surface area contributed by atoms with Gasteiger partial charge in [0.15, 0.2) is 0 Å². The van der Waals surface area contributed by atoms with Crippen molar-refractivity contribution in [2.45, 2.75) is 46.1 Å². The summed E-state index contributed by atoms with van der Waals surface area (Å²) >= 11 is 0. The molecular formula is C13H21F3N2O. The average molecular weight is 278 g/mol. The average Bonchev–Trinajstić information content (AvgIpc) is 2.52. The molecule has 3 nitrogen and oxygen atoms in total. The van der Waals surface area contributed by atoms with Gasteiger partial charge < -0.3 is 9.73 Å². The fraction of sp³-hybridized carbons (Fsp3) is 0.692. The van der Waals surface area contributed by atoms with Crippen molar-refractivity contribution in [1.29, 1.82) is 0 Å². The fourth-order valence-electron chi connectivity index (χ4n) is 1.77. The lowest BCUT2D eigenvalue weighted by Crippen LogP contribution is -2.30. The van der Waals surface area contributed by atoms with E-state index in [9.17, 15) is 13.2 Å². The summed E-state index contributed by atoms with van der Waals surface area (Å²) in [4.78, 5) is 1.19. The van der Waals surface area contributed by atoms with Gasteiger partial charge in [-0.3, -0.25) is 4.90 Å². The number of hydrogen-bond acceptors (Lipinski definition) is 3. The van der Waals surface area contributed by atoms with Crippen LogP contribution >= 0.6 is 0 Å². The summed E-state index contributed by atoms with van der Waals surface area (Å²) in [6.45, 7) is 5.75. The Morgan fingerprint density at radius 3 is 2.53 bits per heavy atom. The van der Waals surface area contributed by atoms with Crippen LogP contribution in [0.25, 0.3) is 0 Å². The number of furan rings is 1. The summed E-state index contributed by atoms with van der Waals surface area (Å²) < 4.78 is 42.2. The van der Waals surface area contributed by atoms with Crippen LogP contribution in [0.2, 0.25) is 0 Å². The molecule has 19 heavy (non-hydrogen) atoms. The van der Waals surface area contributed by atoms with Crippen molar-refractivity contribution in [3.05, 3.63) is 23.2 Å². The maximum atomic E-state index is 12.2. The number of nitrogens with zero attached hydrogens (tertiary/aromatic N) is 1. The molecule has 0 aliphatic rings. The molecule has 1 aromatic rings. The summed E-state index contributed by atoms with van der Waals surface area (Å²) in [7, 11) is 1.43.